The molecule has 1 aromatic rings. The van der Waals surface area contributed by atoms with Crippen molar-refractivity contribution in [3.05, 3.63) is 27.7 Å². The standard InChI is InChI=1S/C14H19Cl2NO2/c15-10-6-9(8-17)14(11(16)7-10)19-13-5-3-1-2-4-12(13)18/h6-7,12-13,18H,1-5,8,17H2. The van der Waals surface area contributed by atoms with Crippen molar-refractivity contribution in [2.75, 3.05) is 0 Å². The molecule has 3 N–H and O–H groups in total. The van der Waals surface area contributed by atoms with E-state index in [2.05, 4.69) is 0 Å². The number of rotatable bonds is 3. The summed E-state index contributed by atoms with van der Waals surface area (Å²) in [5.41, 5.74) is 6.47. The van der Waals surface area contributed by atoms with Crippen molar-refractivity contribution in [2.24, 2.45) is 5.73 Å². The average Bonchev–Trinajstić information content (AvgIpc) is 2.57. The summed E-state index contributed by atoms with van der Waals surface area (Å²) in [4.78, 5) is 0. The molecule has 0 saturated heterocycles. The molecule has 2 atom stereocenters. The van der Waals surface area contributed by atoms with E-state index in [4.69, 9.17) is 33.7 Å². The third kappa shape index (κ3) is 3.76. The molecule has 0 amide bonds. The first kappa shape index (κ1) is 14.9. The second kappa shape index (κ2) is 6.80. The van der Waals surface area contributed by atoms with E-state index in [1.54, 1.807) is 12.1 Å². The zero-order valence-electron chi connectivity index (χ0n) is 10.7. The summed E-state index contributed by atoms with van der Waals surface area (Å²) in [6.45, 7) is 0.304. The molecule has 2 unspecified atom stereocenters. The minimum Gasteiger partial charge on any atom is -0.486 e. The minimum atomic E-state index is -0.445. The molecule has 106 valence electrons. The zero-order valence-corrected chi connectivity index (χ0v) is 12.3. The van der Waals surface area contributed by atoms with Gasteiger partial charge in [0, 0.05) is 17.1 Å². The second-order valence-corrected chi connectivity index (χ2v) is 5.79. The molecule has 0 radical (unpaired) electrons. The van der Waals surface area contributed by atoms with Crippen LogP contribution in [0.15, 0.2) is 12.1 Å². The van der Waals surface area contributed by atoms with Gasteiger partial charge in [-0.2, -0.15) is 0 Å². The number of aliphatic hydroxyl groups excluding tert-OH is 1. The molecule has 1 fully saturated rings. The molecule has 1 aliphatic rings. The van der Waals surface area contributed by atoms with E-state index >= 15 is 0 Å². The highest BCUT2D eigenvalue weighted by atomic mass is 35.5. The lowest BCUT2D eigenvalue weighted by molar-refractivity contribution is 0.0315. The van der Waals surface area contributed by atoms with Crippen molar-refractivity contribution in [2.45, 2.75) is 50.9 Å². The van der Waals surface area contributed by atoms with E-state index in [1.807, 2.05) is 0 Å². The summed E-state index contributed by atoms with van der Waals surface area (Å²) >= 11 is 12.1. The van der Waals surface area contributed by atoms with Gasteiger partial charge >= 0.3 is 0 Å². The van der Waals surface area contributed by atoms with Crippen LogP contribution in [0.1, 0.15) is 37.7 Å². The molecular formula is C14H19Cl2NO2. The van der Waals surface area contributed by atoms with Gasteiger partial charge in [0.05, 0.1) is 11.1 Å². The Kier molecular flexibility index (Phi) is 5.34. The van der Waals surface area contributed by atoms with Crippen molar-refractivity contribution in [1.29, 1.82) is 0 Å². The number of halogens is 2. The average molecular weight is 304 g/mol. The highest BCUT2D eigenvalue weighted by molar-refractivity contribution is 6.35. The summed E-state index contributed by atoms with van der Waals surface area (Å²) in [6.07, 6.45) is 4.18. The summed E-state index contributed by atoms with van der Waals surface area (Å²) in [5, 5.41) is 11.1. The minimum absolute atomic E-state index is 0.216. The first-order valence-electron chi connectivity index (χ1n) is 6.64. The molecule has 0 bridgehead atoms. The van der Waals surface area contributed by atoms with Crippen molar-refractivity contribution in [1.82, 2.24) is 0 Å². The predicted octanol–water partition coefficient (Wildman–Crippen LogP) is 3.52. The molecule has 2 rings (SSSR count). The molecule has 1 aliphatic carbocycles. The third-order valence-electron chi connectivity index (χ3n) is 3.49. The molecular weight excluding hydrogens is 285 g/mol. The summed E-state index contributed by atoms with van der Waals surface area (Å²) in [5.74, 6) is 0.555. The van der Waals surface area contributed by atoms with Crippen LogP contribution in [-0.2, 0) is 6.54 Å². The molecule has 0 aliphatic heterocycles. The Morgan fingerprint density at radius 2 is 1.95 bits per heavy atom. The van der Waals surface area contributed by atoms with Gasteiger partial charge in [-0.15, -0.1) is 0 Å². The quantitative estimate of drug-likeness (QED) is 0.840. The van der Waals surface area contributed by atoms with Crippen LogP contribution in [0.3, 0.4) is 0 Å². The van der Waals surface area contributed by atoms with E-state index in [9.17, 15) is 5.11 Å². The van der Waals surface area contributed by atoms with Gasteiger partial charge in [0.2, 0.25) is 0 Å². The van der Waals surface area contributed by atoms with Gasteiger partial charge in [0.1, 0.15) is 11.9 Å². The molecule has 3 nitrogen and oxygen atoms in total. The Morgan fingerprint density at radius 1 is 1.21 bits per heavy atom. The Bertz CT molecular complexity index is 440. The smallest absolute Gasteiger partial charge is 0.143 e. The van der Waals surface area contributed by atoms with Gasteiger partial charge in [-0.25, -0.2) is 0 Å². The Balaban J connectivity index is 2.21. The molecule has 5 heteroatoms. The molecule has 0 aromatic heterocycles. The fraction of sp³-hybridized carbons (Fsp3) is 0.571. The van der Waals surface area contributed by atoms with Gasteiger partial charge < -0.3 is 15.6 Å². The Labute approximate surface area is 123 Å². The van der Waals surface area contributed by atoms with Gasteiger partial charge in [-0.3, -0.25) is 0 Å². The SMILES string of the molecule is NCc1cc(Cl)cc(Cl)c1OC1CCCCCC1O. The first-order chi connectivity index (χ1) is 9.11. The van der Waals surface area contributed by atoms with Crippen LogP contribution < -0.4 is 10.5 Å². The number of hydrogen-bond acceptors (Lipinski definition) is 3. The van der Waals surface area contributed by atoms with Gasteiger partial charge in [-0.05, 0) is 31.4 Å². The monoisotopic (exact) mass is 303 g/mol. The highest BCUT2D eigenvalue weighted by Gasteiger charge is 2.25. The fourth-order valence-electron chi connectivity index (χ4n) is 2.44. The maximum Gasteiger partial charge on any atom is 0.143 e. The topological polar surface area (TPSA) is 55.5 Å². The molecule has 0 heterocycles. The van der Waals surface area contributed by atoms with E-state index in [0.717, 1.165) is 37.7 Å². The Morgan fingerprint density at radius 3 is 2.68 bits per heavy atom. The summed E-state index contributed by atoms with van der Waals surface area (Å²) < 4.78 is 5.93. The van der Waals surface area contributed by atoms with Crippen LogP contribution in [0.2, 0.25) is 10.0 Å². The zero-order chi connectivity index (χ0) is 13.8. The van der Waals surface area contributed by atoms with Crippen molar-refractivity contribution < 1.29 is 9.84 Å². The number of nitrogens with two attached hydrogens (primary N) is 1. The maximum atomic E-state index is 10.1. The molecule has 0 spiro atoms. The van der Waals surface area contributed by atoms with E-state index in [0.29, 0.717) is 22.3 Å². The molecule has 1 saturated carbocycles. The van der Waals surface area contributed by atoms with Gasteiger partial charge in [0.15, 0.2) is 0 Å². The maximum absolute atomic E-state index is 10.1. The second-order valence-electron chi connectivity index (χ2n) is 4.94. The van der Waals surface area contributed by atoms with Crippen LogP contribution in [-0.4, -0.2) is 17.3 Å². The lowest BCUT2D eigenvalue weighted by Gasteiger charge is -2.24. The van der Waals surface area contributed by atoms with E-state index in [-0.39, 0.29) is 6.10 Å². The van der Waals surface area contributed by atoms with Crippen LogP contribution in [0.4, 0.5) is 0 Å². The lowest BCUT2D eigenvalue weighted by atomic mass is 10.1. The highest BCUT2D eigenvalue weighted by Crippen LogP contribution is 2.34. The van der Waals surface area contributed by atoms with Crippen molar-refractivity contribution in [3.63, 3.8) is 0 Å². The number of hydrogen-bond donors (Lipinski definition) is 2. The normalized spacial score (nSPS) is 24.0. The number of aliphatic hydroxyl groups is 1. The predicted molar refractivity (Wildman–Crippen MR) is 77.9 cm³/mol. The largest absolute Gasteiger partial charge is 0.486 e. The Hall–Kier alpha value is -0.480. The fourth-order valence-corrected chi connectivity index (χ4v) is 3.02. The first-order valence-corrected chi connectivity index (χ1v) is 7.40. The van der Waals surface area contributed by atoms with Crippen molar-refractivity contribution >= 4 is 23.2 Å². The third-order valence-corrected chi connectivity index (χ3v) is 3.99. The number of ether oxygens (including phenoxy) is 1. The summed E-state index contributed by atoms with van der Waals surface area (Å²) in [6, 6.07) is 3.40. The van der Waals surface area contributed by atoms with Gasteiger partial charge in [0.25, 0.3) is 0 Å². The van der Waals surface area contributed by atoms with Crippen LogP contribution in [0.5, 0.6) is 5.75 Å². The van der Waals surface area contributed by atoms with E-state index < -0.39 is 6.10 Å². The van der Waals surface area contributed by atoms with Crippen molar-refractivity contribution in [3.8, 4) is 5.75 Å². The molecule has 1 aromatic carbocycles. The van der Waals surface area contributed by atoms with Crippen LogP contribution in [0.25, 0.3) is 0 Å². The van der Waals surface area contributed by atoms with Crippen LogP contribution >= 0.6 is 23.2 Å². The number of benzene rings is 1. The summed E-state index contributed by atoms with van der Waals surface area (Å²) in [7, 11) is 0. The molecule has 19 heavy (non-hydrogen) atoms. The van der Waals surface area contributed by atoms with Crippen LogP contribution in [0, 0.1) is 0 Å². The lowest BCUT2D eigenvalue weighted by Crippen LogP contribution is -2.31. The van der Waals surface area contributed by atoms with Gasteiger partial charge in [-0.1, -0.05) is 36.0 Å². The van der Waals surface area contributed by atoms with E-state index in [1.165, 1.54) is 0 Å².